The highest BCUT2D eigenvalue weighted by atomic mass is 79.9. The van der Waals surface area contributed by atoms with Crippen molar-refractivity contribution in [3.8, 4) is 0 Å². The third-order valence-corrected chi connectivity index (χ3v) is 4.73. The summed E-state index contributed by atoms with van der Waals surface area (Å²) in [6, 6.07) is 11.8. The Hall–Kier alpha value is -2.14. The van der Waals surface area contributed by atoms with Crippen molar-refractivity contribution in [1.29, 1.82) is 0 Å². The van der Waals surface area contributed by atoms with E-state index in [0.29, 0.717) is 5.89 Å². The third-order valence-electron chi connectivity index (χ3n) is 4.23. The maximum atomic E-state index is 12.5. The van der Waals surface area contributed by atoms with E-state index in [1.807, 2.05) is 31.2 Å². The summed E-state index contributed by atoms with van der Waals surface area (Å²) in [6.45, 7) is 1.81. The fourth-order valence-electron chi connectivity index (χ4n) is 3.14. The molecule has 1 aliphatic carbocycles. The Morgan fingerprint density at radius 3 is 2.91 bits per heavy atom. The van der Waals surface area contributed by atoms with Gasteiger partial charge < -0.3 is 9.73 Å². The molecular weight excluding hydrogens is 356 g/mol. The topological polar surface area (TPSA) is 55.1 Å². The van der Waals surface area contributed by atoms with Gasteiger partial charge in [0.05, 0.1) is 0 Å². The molecule has 0 bridgehead atoms. The van der Waals surface area contributed by atoms with Crippen molar-refractivity contribution >= 4 is 38.6 Å². The monoisotopic (exact) mass is 370 g/mol. The molecule has 2 aromatic carbocycles. The molecule has 0 saturated heterocycles. The summed E-state index contributed by atoms with van der Waals surface area (Å²) < 4.78 is 6.51. The lowest BCUT2D eigenvalue weighted by Crippen LogP contribution is -2.23. The standard InChI is InChI=1S/C18H15BrN2O2/c1-10-20-16-9-15(4-5-17(16)23-10)21-18(22)13-6-11-2-3-14(19)8-12(11)7-13/h2-5,8-9,13H,6-7H2,1H3,(H,21,22). The molecule has 1 atom stereocenters. The number of rotatable bonds is 2. The van der Waals surface area contributed by atoms with Crippen LogP contribution >= 0.6 is 15.9 Å². The van der Waals surface area contributed by atoms with E-state index in [1.54, 1.807) is 0 Å². The van der Waals surface area contributed by atoms with Crippen LogP contribution in [0, 0.1) is 12.8 Å². The molecule has 4 rings (SSSR count). The van der Waals surface area contributed by atoms with Crippen molar-refractivity contribution in [3.05, 3.63) is 57.9 Å². The zero-order valence-corrected chi connectivity index (χ0v) is 14.2. The van der Waals surface area contributed by atoms with Gasteiger partial charge in [-0.2, -0.15) is 0 Å². The van der Waals surface area contributed by atoms with E-state index in [-0.39, 0.29) is 11.8 Å². The molecule has 4 nitrogen and oxygen atoms in total. The van der Waals surface area contributed by atoms with E-state index in [9.17, 15) is 4.79 Å². The van der Waals surface area contributed by atoms with Gasteiger partial charge in [-0.15, -0.1) is 0 Å². The van der Waals surface area contributed by atoms with Crippen molar-refractivity contribution in [2.45, 2.75) is 19.8 Å². The fraction of sp³-hybridized carbons (Fsp3) is 0.222. The lowest BCUT2D eigenvalue weighted by atomic mass is 10.1. The molecule has 1 unspecified atom stereocenters. The van der Waals surface area contributed by atoms with Crippen LogP contribution in [0.3, 0.4) is 0 Å². The predicted molar refractivity (Wildman–Crippen MR) is 92.4 cm³/mol. The Kier molecular flexibility index (Phi) is 3.45. The number of amides is 1. The van der Waals surface area contributed by atoms with Crippen LogP contribution in [-0.2, 0) is 17.6 Å². The molecule has 116 valence electrons. The maximum Gasteiger partial charge on any atom is 0.228 e. The van der Waals surface area contributed by atoms with Crippen LogP contribution in [0.15, 0.2) is 45.3 Å². The van der Waals surface area contributed by atoms with E-state index >= 15 is 0 Å². The number of fused-ring (bicyclic) bond motifs is 2. The van der Waals surface area contributed by atoms with Gasteiger partial charge in [0.15, 0.2) is 11.5 Å². The van der Waals surface area contributed by atoms with E-state index in [4.69, 9.17) is 4.42 Å². The molecule has 1 N–H and O–H groups in total. The second-order valence-electron chi connectivity index (χ2n) is 5.92. The molecule has 0 saturated carbocycles. The second-order valence-corrected chi connectivity index (χ2v) is 6.84. The van der Waals surface area contributed by atoms with Crippen LogP contribution in [0.4, 0.5) is 5.69 Å². The summed E-state index contributed by atoms with van der Waals surface area (Å²) in [5.74, 6) is 0.659. The number of carbonyl (C=O) groups is 1. The second kappa shape index (κ2) is 5.49. The van der Waals surface area contributed by atoms with Crippen molar-refractivity contribution in [3.63, 3.8) is 0 Å². The average molecular weight is 371 g/mol. The number of carbonyl (C=O) groups excluding carboxylic acids is 1. The first kappa shape index (κ1) is 14.5. The third kappa shape index (κ3) is 2.77. The summed E-state index contributed by atoms with van der Waals surface area (Å²) in [4.78, 5) is 16.8. The van der Waals surface area contributed by atoms with Crippen LogP contribution in [0.25, 0.3) is 11.1 Å². The van der Waals surface area contributed by atoms with Crippen molar-refractivity contribution in [2.75, 3.05) is 5.32 Å². The zero-order chi connectivity index (χ0) is 16.0. The number of anilines is 1. The number of nitrogens with one attached hydrogen (secondary N) is 1. The number of oxazole rings is 1. The Balaban J connectivity index is 1.51. The molecule has 1 aliphatic rings. The molecular formula is C18H15BrN2O2. The van der Waals surface area contributed by atoms with Gasteiger partial charge in [0.25, 0.3) is 0 Å². The number of halogens is 1. The molecule has 5 heteroatoms. The van der Waals surface area contributed by atoms with Gasteiger partial charge in [-0.3, -0.25) is 4.79 Å². The molecule has 0 radical (unpaired) electrons. The van der Waals surface area contributed by atoms with Crippen LogP contribution in [0.1, 0.15) is 17.0 Å². The summed E-state index contributed by atoms with van der Waals surface area (Å²) in [5.41, 5.74) is 4.77. The summed E-state index contributed by atoms with van der Waals surface area (Å²) in [6.07, 6.45) is 1.58. The van der Waals surface area contributed by atoms with Gasteiger partial charge in [0.1, 0.15) is 5.52 Å². The molecule has 1 heterocycles. The van der Waals surface area contributed by atoms with E-state index < -0.39 is 0 Å². The fourth-order valence-corrected chi connectivity index (χ4v) is 3.55. The Bertz CT molecular complexity index is 917. The molecule has 1 aromatic heterocycles. The number of nitrogens with zero attached hydrogens (tertiary/aromatic N) is 1. The van der Waals surface area contributed by atoms with E-state index in [2.05, 4.69) is 38.4 Å². The predicted octanol–water partition coefficient (Wildman–Crippen LogP) is 4.25. The average Bonchev–Trinajstić information content (AvgIpc) is 3.08. The largest absolute Gasteiger partial charge is 0.441 e. The van der Waals surface area contributed by atoms with Crippen molar-refractivity contribution < 1.29 is 9.21 Å². The van der Waals surface area contributed by atoms with E-state index in [0.717, 1.165) is 34.1 Å². The summed E-state index contributed by atoms with van der Waals surface area (Å²) >= 11 is 3.48. The highest BCUT2D eigenvalue weighted by Gasteiger charge is 2.27. The van der Waals surface area contributed by atoms with Gasteiger partial charge in [0, 0.05) is 23.0 Å². The zero-order valence-electron chi connectivity index (χ0n) is 12.6. The van der Waals surface area contributed by atoms with Gasteiger partial charge in [-0.05, 0) is 54.3 Å². The summed E-state index contributed by atoms with van der Waals surface area (Å²) in [5, 5.41) is 3.00. The number of benzene rings is 2. The quantitative estimate of drug-likeness (QED) is 0.733. The van der Waals surface area contributed by atoms with Crippen molar-refractivity contribution in [1.82, 2.24) is 4.98 Å². The number of hydrogen-bond acceptors (Lipinski definition) is 3. The molecule has 0 spiro atoms. The minimum atomic E-state index is -0.0194. The van der Waals surface area contributed by atoms with Crippen LogP contribution in [0.2, 0.25) is 0 Å². The first-order chi connectivity index (χ1) is 11.1. The normalized spacial score (nSPS) is 16.5. The Morgan fingerprint density at radius 1 is 1.22 bits per heavy atom. The first-order valence-electron chi connectivity index (χ1n) is 7.54. The molecule has 0 fully saturated rings. The van der Waals surface area contributed by atoms with E-state index in [1.165, 1.54) is 11.1 Å². The summed E-state index contributed by atoms with van der Waals surface area (Å²) in [7, 11) is 0. The molecule has 23 heavy (non-hydrogen) atoms. The first-order valence-corrected chi connectivity index (χ1v) is 8.33. The molecule has 1 amide bonds. The lowest BCUT2D eigenvalue weighted by molar-refractivity contribution is -0.119. The number of aryl methyl sites for hydroxylation is 1. The Labute approximate surface area is 142 Å². The van der Waals surface area contributed by atoms with Crippen LogP contribution < -0.4 is 5.32 Å². The van der Waals surface area contributed by atoms with Crippen LogP contribution in [0.5, 0.6) is 0 Å². The van der Waals surface area contributed by atoms with Crippen molar-refractivity contribution in [2.24, 2.45) is 5.92 Å². The minimum absolute atomic E-state index is 0.0194. The maximum absolute atomic E-state index is 12.5. The Morgan fingerprint density at radius 2 is 2.04 bits per heavy atom. The van der Waals surface area contributed by atoms with Gasteiger partial charge >= 0.3 is 0 Å². The molecule has 3 aromatic rings. The number of aromatic nitrogens is 1. The van der Waals surface area contributed by atoms with Gasteiger partial charge in [-0.1, -0.05) is 22.0 Å². The van der Waals surface area contributed by atoms with Gasteiger partial charge in [-0.25, -0.2) is 4.98 Å². The number of hydrogen-bond donors (Lipinski definition) is 1. The SMILES string of the molecule is Cc1nc2cc(NC(=O)C3Cc4ccc(Br)cc4C3)ccc2o1. The lowest BCUT2D eigenvalue weighted by Gasteiger charge is -2.10. The minimum Gasteiger partial charge on any atom is -0.441 e. The highest BCUT2D eigenvalue weighted by Crippen LogP contribution is 2.30. The molecule has 0 aliphatic heterocycles. The highest BCUT2D eigenvalue weighted by molar-refractivity contribution is 9.10. The van der Waals surface area contributed by atoms with Crippen LogP contribution in [-0.4, -0.2) is 10.9 Å². The smallest absolute Gasteiger partial charge is 0.228 e. The van der Waals surface area contributed by atoms with Gasteiger partial charge in [0.2, 0.25) is 5.91 Å².